The summed E-state index contributed by atoms with van der Waals surface area (Å²) in [6, 6.07) is 21.9. The third kappa shape index (κ3) is 4.61. The van der Waals surface area contributed by atoms with Crippen LogP contribution in [0.3, 0.4) is 0 Å². The molecule has 2 N–H and O–H groups in total. The van der Waals surface area contributed by atoms with E-state index in [2.05, 4.69) is 27.2 Å². The van der Waals surface area contributed by atoms with Gasteiger partial charge in [0.05, 0.1) is 23.3 Å². The quantitative estimate of drug-likeness (QED) is 0.461. The molecule has 0 aliphatic carbocycles. The summed E-state index contributed by atoms with van der Waals surface area (Å²) in [6.07, 6.45) is 5.08. The van der Waals surface area contributed by atoms with Crippen LogP contribution in [-0.4, -0.2) is 31.7 Å². The van der Waals surface area contributed by atoms with Crippen molar-refractivity contribution >= 4 is 16.9 Å². The molecule has 0 saturated heterocycles. The molecule has 6 heteroatoms. The number of hydrogen-bond acceptors (Lipinski definition) is 5. The standard InChI is InChI=1S/C24H23N5O/c1-18(24-6-2-3-15-25-24)19-7-9-20(10-8-19)26-21-11-13-23(14-12-21)29-17-22(27-28-29)5-4-16-30/h2-3,6-15,17,26,30H,1,4-5,16H2. The minimum atomic E-state index is 0.158. The molecule has 4 rings (SSSR count). The normalized spacial score (nSPS) is 10.7. The van der Waals surface area contributed by atoms with Crippen LogP contribution in [-0.2, 0) is 6.42 Å². The number of pyridine rings is 1. The zero-order valence-electron chi connectivity index (χ0n) is 16.6. The molecule has 0 bridgehead atoms. The second-order valence-corrected chi connectivity index (χ2v) is 6.92. The molecule has 6 nitrogen and oxygen atoms in total. The predicted molar refractivity (Wildman–Crippen MR) is 119 cm³/mol. The summed E-state index contributed by atoms with van der Waals surface area (Å²) in [5.41, 5.74) is 6.60. The van der Waals surface area contributed by atoms with Gasteiger partial charge in [-0.25, -0.2) is 4.68 Å². The number of aromatic nitrogens is 4. The Morgan fingerprint density at radius 3 is 2.37 bits per heavy atom. The topological polar surface area (TPSA) is 75.9 Å². The van der Waals surface area contributed by atoms with E-state index in [0.29, 0.717) is 6.42 Å². The summed E-state index contributed by atoms with van der Waals surface area (Å²) >= 11 is 0. The van der Waals surface area contributed by atoms with Gasteiger partial charge in [0.1, 0.15) is 0 Å². The molecular formula is C24H23N5O. The minimum absolute atomic E-state index is 0.158. The second-order valence-electron chi connectivity index (χ2n) is 6.92. The molecule has 0 aliphatic heterocycles. The van der Waals surface area contributed by atoms with Crippen molar-refractivity contribution < 1.29 is 5.11 Å². The lowest BCUT2D eigenvalue weighted by Gasteiger charge is -2.10. The lowest BCUT2D eigenvalue weighted by molar-refractivity contribution is 0.288. The minimum Gasteiger partial charge on any atom is -0.396 e. The number of nitrogens with one attached hydrogen (secondary N) is 1. The number of nitrogens with zero attached hydrogens (tertiary/aromatic N) is 4. The van der Waals surface area contributed by atoms with Crippen molar-refractivity contribution in [2.45, 2.75) is 12.8 Å². The Morgan fingerprint density at radius 1 is 0.967 bits per heavy atom. The van der Waals surface area contributed by atoms with E-state index in [4.69, 9.17) is 5.11 Å². The van der Waals surface area contributed by atoms with Crippen molar-refractivity contribution in [3.05, 3.63) is 103 Å². The number of aliphatic hydroxyl groups is 1. The molecule has 0 unspecified atom stereocenters. The van der Waals surface area contributed by atoms with Gasteiger partial charge in [-0.3, -0.25) is 4.98 Å². The highest BCUT2D eigenvalue weighted by atomic mass is 16.2. The largest absolute Gasteiger partial charge is 0.396 e. The molecule has 4 aromatic rings. The Balaban J connectivity index is 1.41. The summed E-state index contributed by atoms with van der Waals surface area (Å²) in [5, 5.41) is 20.6. The van der Waals surface area contributed by atoms with Crippen LogP contribution >= 0.6 is 0 Å². The van der Waals surface area contributed by atoms with Crippen LogP contribution in [0.5, 0.6) is 0 Å². The molecule has 2 heterocycles. The highest BCUT2D eigenvalue weighted by Gasteiger charge is 2.05. The zero-order chi connectivity index (χ0) is 20.8. The molecule has 0 radical (unpaired) electrons. The Morgan fingerprint density at radius 2 is 1.70 bits per heavy atom. The first-order valence-corrected chi connectivity index (χ1v) is 9.83. The highest BCUT2D eigenvalue weighted by Crippen LogP contribution is 2.23. The van der Waals surface area contributed by atoms with Crippen molar-refractivity contribution in [3.8, 4) is 5.69 Å². The molecule has 0 amide bonds. The van der Waals surface area contributed by atoms with Gasteiger partial charge in [0.15, 0.2) is 0 Å². The van der Waals surface area contributed by atoms with E-state index >= 15 is 0 Å². The van der Waals surface area contributed by atoms with Crippen LogP contribution in [0.25, 0.3) is 11.3 Å². The average molecular weight is 397 g/mol. The van der Waals surface area contributed by atoms with E-state index in [-0.39, 0.29) is 6.61 Å². The number of aryl methyl sites for hydroxylation is 1. The Labute approximate surface area is 175 Å². The van der Waals surface area contributed by atoms with Gasteiger partial charge >= 0.3 is 0 Å². The smallest absolute Gasteiger partial charge is 0.0832 e. The first-order chi connectivity index (χ1) is 14.7. The molecule has 0 saturated carbocycles. The maximum atomic E-state index is 8.93. The molecule has 2 aromatic heterocycles. The number of aliphatic hydroxyl groups excluding tert-OH is 1. The van der Waals surface area contributed by atoms with E-state index in [9.17, 15) is 0 Å². The SMILES string of the molecule is C=C(c1ccc(Nc2ccc(-n3cc(CCCO)nn3)cc2)cc1)c1ccccn1. The maximum absolute atomic E-state index is 8.93. The van der Waals surface area contributed by atoms with Gasteiger partial charge in [-0.1, -0.05) is 30.0 Å². The first-order valence-electron chi connectivity index (χ1n) is 9.83. The van der Waals surface area contributed by atoms with E-state index in [1.165, 1.54) is 0 Å². The van der Waals surface area contributed by atoms with Gasteiger partial charge in [-0.15, -0.1) is 5.10 Å². The van der Waals surface area contributed by atoms with E-state index < -0.39 is 0 Å². The Kier molecular flexibility index (Phi) is 5.96. The number of anilines is 2. The molecule has 0 fully saturated rings. The van der Waals surface area contributed by atoms with Gasteiger partial charge in [0.25, 0.3) is 0 Å². The van der Waals surface area contributed by atoms with Crippen molar-refractivity contribution in [2.24, 2.45) is 0 Å². The van der Waals surface area contributed by atoms with E-state index in [0.717, 1.165) is 46.0 Å². The second kappa shape index (κ2) is 9.15. The molecule has 0 aliphatic rings. The van der Waals surface area contributed by atoms with Gasteiger partial charge in [-0.2, -0.15) is 0 Å². The summed E-state index contributed by atoms with van der Waals surface area (Å²) in [6.45, 7) is 4.32. The van der Waals surface area contributed by atoms with Crippen LogP contribution in [0.4, 0.5) is 11.4 Å². The van der Waals surface area contributed by atoms with E-state index in [1.807, 2.05) is 72.9 Å². The van der Waals surface area contributed by atoms with Crippen molar-refractivity contribution in [2.75, 3.05) is 11.9 Å². The van der Waals surface area contributed by atoms with Gasteiger partial charge in [0.2, 0.25) is 0 Å². The molecule has 2 aromatic carbocycles. The van der Waals surface area contributed by atoms with Gasteiger partial charge in [0, 0.05) is 29.8 Å². The number of hydrogen-bond donors (Lipinski definition) is 2. The first kappa shape index (κ1) is 19.5. The Hall–Kier alpha value is -3.77. The Bertz CT molecular complexity index is 1100. The van der Waals surface area contributed by atoms with Gasteiger partial charge < -0.3 is 10.4 Å². The third-order valence-electron chi connectivity index (χ3n) is 4.76. The lowest BCUT2D eigenvalue weighted by Crippen LogP contribution is -1.96. The number of rotatable bonds is 8. The van der Waals surface area contributed by atoms with Crippen LogP contribution in [0.15, 0.2) is 85.7 Å². The van der Waals surface area contributed by atoms with Crippen molar-refractivity contribution in [1.29, 1.82) is 0 Å². The van der Waals surface area contributed by atoms with E-state index in [1.54, 1.807) is 10.9 Å². The summed E-state index contributed by atoms with van der Waals surface area (Å²) in [4.78, 5) is 4.36. The van der Waals surface area contributed by atoms with Crippen molar-refractivity contribution in [3.63, 3.8) is 0 Å². The molecular weight excluding hydrogens is 374 g/mol. The molecule has 0 spiro atoms. The zero-order valence-corrected chi connectivity index (χ0v) is 16.6. The molecule has 30 heavy (non-hydrogen) atoms. The fraction of sp³-hybridized carbons (Fsp3) is 0.125. The summed E-state index contributed by atoms with van der Waals surface area (Å²) < 4.78 is 1.74. The number of benzene rings is 2. The predicted octanol–water partition coefficient (Wildman–Crippen LogP) is 4.39. The monoisotopic (exact) mass is 397 g/mol. The van der Waals surface area contributed by atoms with Crippen molar-refractivity contribution in [1.82, 2.24) is 20.0 Å². The maximum Gasteiger partial charge on any atom is 0.0832 e. The summed E-state index contributed by atoms with van der Waals surface area (Å²) in [7, 11) is 0. The third-order valence-corrected chi connectivity index (χ3v) is 4.76. The average Bonchev–Trinajstić information content (AvgIpc) is 3.28. The highest BCUT2D eigenvalue weighted by molar-refractivity contribution is 5.77. The molecule has 150 valence electrons. The van der Waals surface area contributed by atoms with Gasteiger partial charge in [-0.05, 0) is 66.9 Å². The molecule has 0 atom stereocenters. The lowest BCUT2D eigenvalue weighted by atomic mass is 10.0. The fourth-order valence-electron chi connectivity index (χ4n) is 3.11. The van der Waals surface area contributed by atoms with Crippen LogP contribution < -0.4 is 5.32 Å². The van der Waals surface area contributed by atoms with Crippen LogP contribution in [0.2, 0.25) is 0 Å². The fourth-order valence-corrected chi connectivity index (χ4v) is 3.11. The van der Waals surface area contributed by atoms with Crippen LogP contribution in [0, 0.1) is 0 Å². The summed E-state index contributed by atoms with van der Waals surface area (Å²) in [5.74, 6) is 0. The van der Waals surface area contributed by atoms with Crippen LogP contribution in [0.1, 0.15) is 23.4 Å².